The average Bonchev–Trinajstić information content (AvgIpc) is 2.58. The summed E-state index contributed by atoms with van der Waals surface area (Å²) in [6.07, 6.45) is 0. The minimum absolute atomic E-state index is 0.0737. The lowest BCUT2D eigenvalue weighted by atomic mass is 10.2. The second-order valence-corrected chi connectivity index (χ2v) is 6.79. The molecule has 7 heteroatoms. The smallest absolute Gasteiger partial charge is 0.234 e. The van der Waals surface area contributed by atoms with E-state index in [9.17, 15) is 4.79 Å². The Kier molecular flexibility index (Phi) is 7.57. The molecule has 0 fully saturated rings. The topological polar surface area (TPSA) is 50.8 Å². The van der Waals surface area contributed by atoms with Gasteiger partial charge in [-0.15, -0.1) is 0 Å². The van der Waals surface area contributed by atoms with Crippen molar-refractivity contribution in [2.75, 3.05) is 27.8 Å². The molecule has 0 atom stereocenters. The molecule has 5 nitrogen and oxygen atoms in total. The third-order valence-corrected chi connectivity index (χ3v) is 4.16. The zero-order valence-corrected chi connectivity index (χ0v) is 16.5. The van der Waals surface area contributed by atoms with E-state index >= 15 is 0 Å². The van der Waals surface area contributed by atoms with Gasteiger partial charge in [-0.1, -0.05) is 29.3 Å². The number of amides is 1. The van der Waals surface area contributed by atoms with Crippen LogP contribution in [0.25, 0.3) is 0 Å². The Balaban J connectivity index is 1.86. The number of rotatable bonds is 8. The van der Waals surface area contributed by atoms with E-state index in [1.165, 1.54) is 0 Å². The normalized spacial score (nSPS) is 10.7. The number of halogens is 2. The van der Waals surface area contributed by atoms with Crippen LogP contribution in [0.3, 0.4) is 0 Å². The van der Waals surface area contributed by atoms with E-state index in [1.54, 1.807) is 20.3 Å². The van der Waals surface area contributed by atoms with Crippen molar-refractivity contribution in [2.45, 2.75) is 13.1 Å². The van der Waals surface area contributed by atoms with Gasteiger partial charge in [0.1, 0.15) is 0 Å². The van der Waals surface area contributed by atoms with Crippen LogP contribution >= 0.6 is 23.2 Å². The number of hydrogen-bond acceptors (Lipinski definition) is 4. The molecule has 0 saturated carbocycles. The Morgan fingerprint density at radius 1 is 1.00 bits per heavy atom. The highest BCUT2D eigenvalue weighted by Crippen LogP contribution is 2.27. The standard InChI is InChI=1S/C19H22Cl2N2O3/c1-23(11-14-6-15(20)9-16(21)7-14)12-19(24)22-10-13-4-5-17(25-2)18(8-13)26-3/h4-9H,10-12H2,1-3H3,(H,22,24). The van der Waals surface area contributed by atoms with Gasteiger partial charge < -0.3 is 14.8 Å². The number of methoxy groups -OCH3 is 2. The van der Waals surface area contributed by atoms with Crippen molar-refractivity contribution >= 4 is 29.1 Å². The van der Waals surface area contributed by atoms with Crippen LogP contribution in [0.5, 0.6) is 11.5 Å². The second-order valence-electron chi connectivity index (χ2n) is 5.92. The third-order valence-electron chi connectivity index (χ3n) is 3.73. The van der Waals surface area contributed by atoms with Crippen LogP contribution in [0.1, 0.15) is 11.1 Å². The lowest BCUT2D eigenvalue weighted by Crippen LogP contribution is -2.34. The zero-order chi connectivity index (χ0) is 19.1. The molecule has 0 aliphatic rings. The summed E-state index contributed by atoms with van der Waals surface area (Å²) in [5, 5.41) is 4.06. The van der Waals surface area contributed by atoms with Gasteiger partial charge in [0.25, 0.3) is 0 Å². The van der Waals surface area contributed by atoms with E-state index < -0.39 is 0 Å². The van der Waals surface area contributed by atoms with Crippen LogP contribution in [0.15, 0.2) is 36.4 Å². The lowest BCUT2D eigenvalue weighted by Gasteiger charge is -2.17. The Morgan fingerprint density at radius 2 is 1.65 bits per heavy atom. The second kappa shape index (κ2) is 9.67. The number of ether oxygens (including phenoxy) is 2. The summed E-state index contributed by atoms with van der Waals surface area (Å²) in [6.45, 7) is 1.25. The van der Waals surface area contributed by atoms with Crippen molar-refractivity contribution in [1.29, 1.82) is 0 Å². The van der Waals surface area contributed by atoms with Gasteiger partial charge in [0, 0.05) is 23.1 Å². The van der Waals surface area contributed by atoms with Crippen LogP contribution < -0.4 is 14.8 Å². The van der Waals surface area contributed by atoms with Crippen LogP contribution in [0, 0.1) is 0 Å². The first-order chi connectivity index (χ1) is 12.4. The first-order valence-electron chi connectivity index (χ1n) is 8.02. The van der Waals surface area contributed by atoms with Gasteiger partial charge >= 0.3 is 0 Å². The molecule has 26 heavy (non-hydrogen) atoms. The van der Waals surface area contributed by atoms with E-state index in [0.717, 1.165) is 11.1 Å². The highest BCUT2D eigenvalue weighted by atomic mass is 35.5. The molecule has 0 aliphatic carbocycles. The molecule has 2 rings (SSSR count). The molecule has 140 valence electrons. The maximum atomic E-state index is 12.2. The van der Waals surface area contributed by atoms with Gasteiger partial charge in [-0.25, -0.2) is 0 Å². The van der Waals surface area contributed by atoms with Gasteiger partial charge in [-0.2, -0.15) is 0 Å². The summed E-state index contributed by atoms with van der Waals surface area (Å²) >= 11 is 12.0. The molecule has 0 aliphatic heterocycles. The number of hydrogen-bond donors (Lipinski definition) is 1. The molecule has 0 saturated heterocycles. The minimum Gasteiger partial charge on any atom is -0.493 e. The fraction of sp³-hybridized carbons (Fsp3) is 0.316. The summed E-state index contributed by atoms with van der Waals surface area (Å²) in [4.78, 5) is 14.1. The third kappa shape index (κ3) is 6.09. The van der Waals surface area contributed by atoms with Crippen LogP contribution in [0.4, 0.5) is 0 Å². The van der Waals surface area contributed by atoms with E-state index in [1.807, 2.05) is 42.3 Å². The molecule has 0 aromatic heterocycles. The number of nitrogens with zero attached hydrogens (tertiary/aromatic N) is 1. The summed E-state index contributed by atoms with van der Waals surface area (Å²) in [6, 6.07) is 10.9. The van der Waals surface area contributed by atoms with Gasteiger partial charge in [-0.05, 0) is 48.5 Å². The number of nitrogens with one attached hydrogen (secondary N) is 1. The summed E-state index contributed by atoms with van der Waals surface area (Å²) in [5.41, 5.74) is 1.89. The molecule has 0 bridgehead atoms. The Labute approximate surface area is 163 Å². The molecule has 0 unspecified atom stereocenters. The molecule has 2 aromatic rings. The molecular formula is C19H22Cl2N2O3. The van der Waals surface area contributed by atoms with Crippen molar-refractivity contribution in [3.8, 4) is 11.5 Å². The van der Waals surface area contributed by atoms with Gasteiger partial charge in [0.05, 0.1) is 20.8 Å². The van der Waals surface area contributed by atoms with Gasteiger partial charge in [0.15, 0.2) is 11.5 Å². The Bertz CT molecular complexity index is 748. The van der Waals surface area contributed by atoms with Crippen molar-refractivity contribution in [1.82, 2.24) is 10.2 Å². The van der Waals surface area contributed by atoms with Crippen molar-refractivity contribution in [3.05, 3.63) is 57.6 Å². The van der Waals surface area contributed by atoms with E-state index in [2.05, 4.69) is 5.32 Å². The fourth-order valence-corrected chi connectivity index (χ4v) is 3.13. The molecule has 1 amide bonds. The molecular weight excluding hydrogens is 375 g/mol. The molecule has 0 heterocycles. The Hall–Kier alpha value is -1.95. The number of carbonyl (C=O) groups is 1. The predicted molar refractivity (Wildman–Crippen MR) is 104 cm³/mol. The monoisotopic (exact) mass is 396 g/mol. The molecule has 0 radical (unpaired) electrons. The molecule has 2 aromatic carbocycles. The van der Waals surface area contributed by atoms with Gasteiger partial charge in [0.2, 0.25) is 5.91 Å². The summed E-state index contributed by atoms with van der Waals surface area (Å²) < 4.78 is 10.5. The van der Waals surface area contributed by atoms with E-state index in [4.69, 9.17) is 32.7 Å². The first-order valence-corrected chi connectivity index (χ1v) is 8.78. The van der Waals surface area contributed by atoms with Crippen molar-refractivity contribution in [2.24, 2.45) is 0 Å². The average molecular weight is 397 g/mol. The minimum atomic E-state index is -0.0737. The summed E-state index contributed by atoms with van der Waals surface area (Å²) in [5.74, 6) is 1.21. The number of likely N-dealkylation sites (N-methyl/N-ethyl adjacent to an activating group) is 1. The predicted octanol–water partition coefficient (Wildman–Crippen LogP) is 3.76. The Morgan fingerprint density at radius 3 is 2.27 bits per heavy atom. The van der Waals surface area contributed by atoms with Crippen molar-refractivity contribution < 1.29 is 14.3 Å². The molecule has 1 N–H and O–H groups in total. The van der Waals surface area contributed by atoms with Crippen LogP contribution in [-0.2, 0) is 17.9 Å². The molecule has 0 spiro atoms. The van der Waals surface area contributed by atoms with E-state index in [0.29, 0.717) is 34.6 Å². The zero-order valence-electron chi connectivity index (χ0n) is 15.0. The number of carbonyl (C=O) groups excluding carboxylic acids is 1. The van der Waals surface area contributed by atoms with E-state index in [-0.39, 0.29) is 12.5 Å². The maximum absolute atomic E-state index is 12.2. The van der Waals surface area contributed by atoms with Crippen LogP contribution in [-0.4, -0.2) is 38.6 Å². The first kappa shape index (κ1) is 20.4. The largest absolute Gasteiger partial charge is 0.493 e. The highest BCUT2D eigenvalue weighted by Gasteiger charge is 2.09. The van der Waals surface area contributed by atoms with Crippen molar-refractivity contribution in [3.63, 3.8) is 0 Å². The SMILES string of the molecule is COc1ccc(CNC(=O)CN(C)Cc2cc(Cl)cc(Cl)c2)cc1OC. The number of benzene rings is 2. The van der Waals surface area contributed by atoms with Crippen LogP contribution in [0.2, 0.25) is 10.0 Å². The summed E-state index contributed by atoms with van der Waals surface area (Å²) in [7, 11) is 5.03. The quantitative estimate of drug-likeness (QED) is 0.737. The van der Waals surface area contributed by atoms with Gasteiger partial charge in [-0.3, -0.25) is 9.69 Å². The highest BCUT2D eigenvalue weighted by molar-refractivity contribution is 6.34. The lowest BCUT2D eigenvalue weighted by molar-refractivity contribution is -0.122. The maximum Gasteiger partial charge on any atom is 0.234 e. The fourth-order valence-electron chi connectivity index (χ4n) is 2.56.